The Kier molecular flexibility index (Phi) is 2.23. The quantitative estimate of drug-likeness (QED) is 0.619. The summed E-state index contributed by atoms with van der Waals surface area (Å²) in [6.07, 6.45) is 5.87. The Morgan fingerprint density at radius 2 is 2.08 bits per heavy atom. The second kappa shape index (κ2) is 3.55. The van der Waals surface area contributed by atoms with Gasteiger partial charge in [-0.15, -0.1) is 0 Å². The smallest absolute Gasteiger partial charge is 0.0844 e. The van der Waals surface area contributed by atoms with Crippen molar-refractivity contribution in [1.29, 1.82) is 0 Å². The van der Waals surface area contributed by atoms with E-state index in [1.165, 1.54) is 5.56 Å². The summed E-state index contributed by atoms with van der Waals surface area (Å²) >= 11 is 0. The largest absolute Gasteiger partial charge is 0.373 e. The van der Waals surface area contributed by atoms with Gasteiger partial charge in [0.2, 0.25) is 0 Å². The maximum absolute atomic E-state index is 5.10. The highest BCUT2D eigenvalue weighted by molar-refractivity contribution is 5.48. The fraction of sp³-hybridized carbons (Fsp3) is 0.273. The second-order valence-electron chi connectivity index (χ2n) is 3.00. The van der Waals surface area contributed by atoms with Gasteiger partial charge in [-0.2, -0.15) is 0 Å². The Morgan fingerprint density at radius 1 is 1.33 bits per heavy atom. The molecule has 1 heteroatoms. The van der Waals surface area contributed by atoms with E-state index in [4.69, 9.17) is 4.74 Å². The van der Waals surface area contributed by atoms with Crippen molar-refractivity contribution < 1.29 is 4.74 Å². The first-order valence-electron chi connectivity index (χ1n) is 4.28. The van der Waals surface area contributed by atoms with E-state index in [-0.39, 0.29) is 0 Å². The first-order chi connectivity index (χ1) is 5.95. The molecule has 0 amide bonds. The molecule has 1 fully saturated rings. The minimum absolute atomic E-state index is 0.505. The van der Waals surface area contributed by atoms with Gasteiger partial charge in [-0.25, -0.2) is 0 Å². The van der Waals surface area contributed by atoms with Gasteiger partial charge in [-0.3, -0.25) is 0 Å². The molecule has 1 unspecified atom stereocenters. The highest BCUT2D eigenvalue weighted by Crippen LogP contribution is 2.14. The van der Waals surface area contributed by atoms with Crippen LogP contribution in [0.1, 0.15) is 12.0 Å². The summed E-state index contributed by atoms with van der Waals surface area (Å²) in [4.78, 5) is 0. The van der Waals surface area contributed by atoms with Crippen LogP contribution in [0.15, 0.2) is 36.4 Å². The zero-order valence-electron chi connectivity index (χ0n) is 6.94. The zero-order valence-corrected chi connectivity index (χ0v) is 6.94. The van der Waals surface area contributed by atoms with Crippen molar-refractivity contribution in [3.8, 4) is 0 Å². The molecule has 1 aliphatic rings. The minimum Gasteiger partial charge on any atom is -0.373 e. The molecule has 62 valence electrons. The van der Waals surface area contributed by atoms with E-state index >= 15 is 0 Å². The number of ether oxygens (including phenoxy) is 1. The van der Waals surface area contributed by atoms with Gasteiger partial charge in [0.25, 0.3) is 0 Å². The van der Waals surface area contributed by atoms with E-state index < -0.39 is 0 Å². The van der Waals surface area contributed by atoms with Crippen LogP contribution < -0.4 is 0 Å². The average molecular weight is 160 g/mol. The molecule has 0 bridgehead atoms. The highest BCUT2D eigenvalue weighted by Gasteiger charge is 2.19. The molecule has 1 nitrogen and oxygen atoms in total. The number of hydrogen-bond donors (Lipinski definition) is 0. The van der Waals surface area contributed by atoms with Gasteiger partial charge in [-0.05, 0) is 12.0 Å². The van der Waals surface area contributed by atoms with Crippen molar-refractivity contribution in [3.63, 3.8) is 0 Å². The summed E-state index contributed by atoms with van der Waals surface area (Å²) in [5, 5.41) is 0. The molecular weight excluding hydrogens is 148 g/mol. The third kappa shape index (κ3) is 2.21. The molecule has 0 N–H and O–H groups in total. The van der Waals surface area contributed by atoms with Gasteiger partial charge < -0.3 is 4.74 Å². The molecule has 1 aliphatic heterocycles. The van der Waals surface area contributed by atoms with E-state index in [2.05, 4.69) is 24.3 Å². The predicted molar refractivity (Wildman–Crippen MR) is 49.8 cm³/mol. The van der Waals surface area contributed by atoms with Crippen LogP contribution in [-0.4, -0.2) is 12.7 Å². The Balaban J connectivity index is 1.89. The van der Waals surface area contributed by atoms with Crippen molar-refractivity contribution in [2.75, 3.05) is 6.61 Å². The van der Waals surface area contributed by atoms with E-state index in [9.17, 15) is 0 Å². The van der Waals surface area contributed by atoms with Crippen LogP contribution >= 0.6 is 0 Å². The van der Waals surface area contributed by atoms with Crippen LogP contribution in [0.25, 0.3) is 6.08 Å². The van der Waals surface area contributed by atoms with Gasteiger partial charge in [-0.1, -0.05) is 42.5 Å². The van der Waals surface area contributed by atoms with Crippen LogP contribution in [0, 0.1) is 0 Å². The maximum Gasteiger partial charge on any atom is 0.0844 e. The molecule has 0 saturated carbocycles. The molecule has 1 heterocycles. The lowest BCUT2D eigenvalue weighted by Gasteiger charge is -1.89. The van der Waals surface area contributed by atoms with Crippen molar-refractivity contribution >= 4 is 6.08 Å². The maximum atomic E-state index is 5.10. The molecule has 1 aromatic rings. The highest BCUT2D eigenvalue weighted by atomic mass is 16.6. The van der Waals surface area contributed by atoms with Gasteiger partial charge in [0, 0.05) is 0 Å². The Hall–Kier alpha value is -1.08. The fourth-order valence-electron chi connectivity index (χ4n) is 1.12. The van der Waals surface area contributed by atoms with Gasteiger partial charge in [0.1, 0.15) is 0 Å². The molecule has 0 radical (unpaired) electrons. The van der Waals surface area contributed by atoms with Gasteiger partial charge in [0.15, 0.2) is 0 Å². The molecule has 0 spiro atoms. The third-order valence-electron chi connectivity index (χ3n) is 1.91. The molecule has 0 aromatic heterocycles. The van der Waals surface area contributed by atoms with E-state index in [1.807, 2.05) is 18.2 Å². The summed E-state index contributed by atoms with van der Waals surface area (Å²) in [6.45, 7) is 0.944. The van der Waals surface area contributed by atoms with Crippen LogP contribution in [0.4, 0.5) is 0 Å². The Morgan fingerprint density at radius 3 is 2.75 bits per heavy atom. The average Bonchev–Trinajstić information content (AvgIpc) is 2.90. The Bertz CT molecular complexity index is 260. The zero-order chi connectivity index (χ0) is 8.23. The Labute approximate surface area is 72.7 Å². The third-order valence-corrected chi connectivity index (χ3v) is 1.91. The lowest BCUT2D eigenvalue weighted by molar-refractivity contribution is 0.410. The van der Waals surface area contributed by atoms with E-state index in [1.54, 1.807) is 0 Å². The molecule has 1 atom stereocenters. The number of rotatable bonds is 3. The van der Waals surface area contributed by atoms with Crippen LogP contribution in [0.5, 0.6) is 0 Å². The lowest BCUT2D eigenvalue weighted by Crippen LogP contribution is -1.78. The number of benzene rings is 1. The first kappa shape index (κ1) is 7.56. The summed E-state index contributed by atoms with van der Waals surface area (Å²) < 4.78 is 5.10. The SMILES string of the molecule is C(=C\c1ccccc1)/CC1CO1. The summed E-state index contributed by atoms with van der Waals surface area (Å²) in [5.74, 6) is 0. The number of epoxide rings is 1. The first-order valence-corrected chi connectivity index (χ1v) is 4.28. The van der Waals surface area contributed by atoms with Crippen molar-refractivity contribution in [1.82, 2.24) is 0 Å². The van der Waals surface area contributed by atoms with Crippen molar-refractivity contribution in [3.05, 3.63) is 42.0 Å². The minimum atomic E-state index is 0.505. The summed E-state index contributed by atoms with van der Waals surface area (Å²) in [7, 11) is 0. The fourth-order valence-corrected chi connectivity index (χ4v) is 1.12. The van der Waals surface area contributed by atoms with Crippen molar-refractivity contribution in [2.24, 2.45) is 0 Å². The molecule has 2 rings (SSSR count). The normalized spacial score (nSPS) is 21.5. The van der Waals surface area contributed by atoms with Gasteiger partial charge >= 0.3 is 0 Å². The molecule has 12 heavy (non-hydrogen) atoms. The molecule has 1 saturated heterocycles. The van der Waals surface area contributed by atoms with Crippen LogP contribution in [-0.2, 0) is 4.74 Å². The van der Waals surface area contributed by atoms with E-state index in [0.29, 0.717) is 6.10 Å². The van der Waals surface area contributed by atoms with Crippen LogP contribution in [0.3, 0.4) is 0 Å². The van der Waals surface area contributed by atoms with Crippen LogP contribution in [0.2, 0.25) is 0 Å². The molecule has 1 aromatic carbocycles. The monoisotopic (exact) mass is 160 g/mol. The standard InChI is InChI=1S/C11H12O/c1-2-5-10(6-3-1)7-4-8-11-9-12-11/h1-7,11H,8-9H2/b7-4+. The molecule has 0 aliphatic carbocycles. The summed E-state index contributed by atoms with van der Waals surface area (Å²) in [5.41, 5.74) is 1.26. The van der Waals surface area contributed by atoms with E-state index in [0.717, 1.165) is 13.0 Å². The van der Waals surface area contributed by atoms with Gasteiger partial charge in [0.05, 0.1) is 12.7 Å². The topological polar surface area (TPSA) is 12.5 Å². The number of hydrogen-bond acceptors (Lipinski definition) is 1. The lowest BCUT2D eigenvalue weighted by atomic mass is 10.2. The second-order valence-corrected chi connectivity index (χ2v) is 3.00. The summed E-state index contributed by atoms with van der Waals surface area (Å²) in [6, 6.07) is 10.3. The van der Waals surface area contributed by atoms with Crippen molar-refractivity contribution in [2.45, 2.75) is 12.5 Å². The predicted octanol–water partition coefficient (Wildman–Crippen LogP) is 2.49. The molecular formula is C11H12O.